The molecule has 40 heavy (non-hydrogen) atoms. The first-order chi connectivity index (χ1) is 18.6. The Labute approximate surface area is 222 Å². The van der Waals surface area contributed by atoms with E-state index in [-0.39, 0.29) is 37.3 Å². The maximum atomic E-state index is 12.7. The van der Waals surface area contributed by atoms with Gasteiger partial charge in [-0.15, -0.1) is 0 Å². The number of nitrogens with zero attached hydrogens (tertiary/aromatic N) is 2. The van der Waals surface area contributed by atoms with Crippen LogP contribution in [0.1, 0.15) is 44.7 Å². The minimum absolute atomic E-state index is 0.176. The molecule has 1 heterocycles. The van der Waals surface area contributed by atoms with Crippen LogP contribution in [0.4, 0.5) is 26.3 Å². The Kier molecular flexibility index (Phi) is 8.90. The Balaban J connectivity index is 1.49. The zero-order valence-electron chi connectivity index (χ0n) is 20.5. The van der Waals surface area contributed by atoms with E-state index in [1.165, 1.54) is 0 Å². The van der Waals surface area contributed by atoms with Crippen molar-refractivity contribution in [2.24, 2.45) is 0 Å². The van der Waals surface area contributed by atoms with Crippen molar-refractivity contribution in [3.63, 3.8) is 0 Å². The van der Waals surface area contributed by atoms with Crippen LogP contribution in [0.25, 0.3) is 0 Å². The highest BCUT2D eigenvalue weighted by Gasteiger charge is 2.33. The third kappa shape index (κ3) is 7.39. The first kappa shape index (κ1) is 30.2. The van der Waals surface area contributed by atoms with Crippen LogP contribution in [0.15, 0.2) is 48.5 Å². The fourth-order valence-corrected chi connectivity index (χ4v) is 3.80. The molecule has 1 saturated heterocycles. The van der Waals surface area contributed by atoms with Gasteiger partial charge in [-0.05, 0) is 24.3 Å². The first-order valence-electron chi connectivity index (χ1n) is 11.6. The van der Waals surface area contributed by atoms with Crippen molar-refractivity contribution in [1.29, 1.82) is 0 Å². The molecular weight excluding hydrogens is 550 g/mol. The molecule has 1 aliphatic rings. The van der Waals surface area contributed by atoms with E-state index < -0.39 is 71.3 Å². The van der Waals surface area contributed by atoms with E-state index in [2.05, 4.69) is 0 Å². The van der Waals surface area contributed by atoms with Crippen molar-refractivity contribution in [1.82, 2.24) is 9.80 Å². The second-order valence-corrected chi connectivity index (χ2v) is 8.78. The topological polar surface area (TPSA) is 109 Å². The fraction of sp³-hybridized carbons (Fsp3) is 0.308. The minimum Gasteiger partial charge on any atom is -0.333 e. The number of alkyl halides is 6. The summed E-state index contributed by atoms with van der Waals surface area (Å²) in [7, 11) is 0. The highest BCUT2D eigenvalue weighted by Crippen LogP contribution is 2.30. The van der Waals surface area contributed by atoms with Crippen molar-refractivity contribution in [3.05, 3.63) is 70.8 Å². The largest absolute Gasteiger partial charge is 0.416 e. The maximum absolute atomic E-state index is 12.7. The summed E-state index contributed by atoms with van der Waals surface area (Å²) in [4.78, 5) is 76.0. The van der Waals surface area contributed by atoms with Crippen LogP contribution < -0.4 is 0 Å². The van der Waals surface area contributed by atoms with Crippen LogP contribution in [-0.2, 0) is 31.5 Å². The van der Waals surface area contributed by atoms with Gasteiger partial charge in [0.1, 0.15) is 0 Å². The lowest BCUT2D eigenvalue weighted by Gasteiger charge is -2.34. The van der Waals surface area contributed by atoms with E-state index in [4.69, 9.17) is 0 Å². The van der Waals surface area contributed by atoms with Crippen molar-refractivity contribution in [3.8, 4) is 0 Å². The summed E-state index contributed by atoms with van der Waals surface area (Å²) in [6.45, 7) is -0.703. The minimum atomic E-state index is -4.61. The quantitative estimate of drug-likeness (QED) is 0.209. The standard InChI is InChI=1S/C26H20F6N2O6/c27-25(28,29)17-5-1-15(2-6-17)19(35)13-21(37)23(39)33-9-11-34(12-10-33)24(40)22(38)14-20(36)16-3-7-18(8-4-16)26(30,31)32/h1-8H,9-14H2. The smallest absolute Gasteiger partial charge is 0.333 e. The van der Waals surface area contributed by atoms with Crippen molar-refractivity contribution in [2.45, 2.75) is 25.2 Å². The van der Waals surface area contributed by atoms with Gasteiger partial charge in [-0.1, -0.05) is 24.3 Å². The second-order valence-electron chi connectivity index (χ2n) is 8.78. The van der Waals surface area contributed by atoms with E-state index in [1.807, 2.05) is 0 Å². The number of rotatable bonds is 8. The Morgan fingerprint density at radius 3 is 1.05 bits per heavy atom. The number of hydrogen-bond acceptors (Lipinski definition) is 6. The molecule has 0 unspecified atom stereocenters. The number of ketones is 4. The normalized spacial score (nSPS) is 14.1. The highest BCUT2D eigenvalue weighted by atomic mass is 19.4. The molecule has 2 aromatic carbocycles. The summed E-state index contributed by atoms with van der Waals surface area (Å²) in [6.07, 6.45) is -11.0. The summed E-state index contributed by atoms with van der Waals surface area (Å²) < 4.78 is 75.9. The summed E-state index contributed by atoms with van der Waals surface area (Å²) in [5.41, 5.74) is -2.34. The predicted octanol–water partition coefficient (Wildman–Crippen LogP) is 3.38. The molecule has 8 nitrogen and oxygen atoms in total. The zero-order chi connectivity index (χ0) is 29.8. The molecule has 0 radical (unpaired) electrons. The number of amides is 2. The lowest BCUT2D eigenvalue weighted by Crippen LogP contribution is -2.53. The number of hydrogen-bond donors (Lipinski definition) is 0. The summed E-state index contributed by atoms with van der Waals surface area (Å²) >= 11 is 0. The average Bonchev–Trinajstić information content (AvgIpc) is 2.91. The van der Waals surface area contributed by atoms with Gasteiger partial charge in [-0.2, -0.15) is 26.3 Å². The number of carbonyl (C=O) groups is 6. The molecule has 0 saturated carbocycles. The number of halogens is 6. The number of piperazine rings is 1. The molecule has 0 spiro atoms. The van der Waals surface area contributed by atoms with Crippen LogP contribution in [0, 0.1) is 0 Å². The molecule has 0 N–H and O–H groups in total. The van der Waals surface area contributed by atoms with Gasteiger partial charge >= 0.3 is 12.4 Å². The van der Waals surface area contributed by atoms with E-state index in [1.54, 1.807) is 0 Å². The molecule has 1 aliphatic heterocycles. The molecule has 0 aromatic heterocycles. The van der Waals surface area contributed by atoms with E-state index in [9.17, 15) is 55.1 Å². The summed E-state index contributed by atoms with van der Waals surface area (Å²) in [5, 5.41) is 0. The van der Waals surface area contributed by atoms with Gasteiger partial charge in [0.05, 0.1) is 24.0 Å². The Bertz CT molecular complexity index is 1220. The first-order valence-corrected chi connectivity index (χ1v) is 11.6. The van der Waals surface area contributed by atoms with Crippen LogP contribution in [0.2, 0.25) is 0 Å². The maximum Gasteiger partial charge on any atom is 0.416 e. The fourth-order valence-electron chi connectivity index (χ4n) is 3.80. The molecule has 1 fully saturated rings. The van der Waals surface area contributed by atoms with Gasteiger partial charge in [0.25, 0.3) is 11.8 Å². The van der Waals surface area contributed by atoms with Crippen molar-refractivity contribution >= 4 is 34.9 Å². The summed E-state index contributed by atoms with van der Waals surface area (Å²) in [6, 6.07) is 6.28. The van der Waals surface area contributed by atoms with Crippen LogP contribution in [0.5, 0.6) is 0 Å². The molecular formula is C26H20F6N2O6. The Morgan fingerprint density at radius 2 is 0.800 bits per heavy atom. The van der Waals surface area contributed by atoms with Crippen LogP contribution >= 0.6 is 0 Å². The predicted molar refractivity (Wildman–Crippen MR) is 124 cm³/mol. The average molecular weight is 570 g/mol. The number of benzene rings is 2. The highest BCUT2D eigenvalue weighted by molar-refractivity contribution is 6.41. The second kappa shape index (κ2) is 11.8. The molecule has 0 aliphatic carbocycles. The van der Waals surface area contributed by atoms with Gasteiger partial charge < -0.3 is 9.80 Å². The van der Waals surface area contributed by atoms with Crippen molar-refractivity contribution in [2.75, 3.05) is 26.2 Å². The van der Waals surface area contributed by atoms with Gasteiger partial charge in [0, 0.05) is 37.3 Å². The van der Waals surface area contributed by atoms with Gasteiger partial charge in [0.2, 0.25) is 11.6 Å². The Hall–Kier alpha value is -4.36. The van der Waals surface area contributed by atoms with Crippen LogP contribution in [-0.4, -0.2) is 70.9 Å². The molecule has 212 valence electrons. The zero-order valence-corrected chi connectivity index (χ0v) is 20.5. The third-order valence-electron chi connectivity index (χ3n) is 6.04. The SMILES string of the molecule is O=C(CC(=O)c1ccc(C(F)(F)F)cc1)C(=O)N1CCN(C(=O)C(=O)CC(=O)c2ccc(C(F)(F)F)cc2)CC1. The van der Waals surface area contributed by atoms with Gasteiger partial charge in [-0.3, -0.25) is 28.8 Å². The van der Waals surface area contributed by atoms with E-state index in [0.717, 1.165) is 34.1 Å². The van der Waals surface area contributed by atoms with Crippen molar-refractivity contribution < 1.29 is 55.1 Å². The Morgan fingerprint density at radius 1 is 0.525 bits per heavy atom. The van der Waals surface area contributed by atoms with Gasteiger partial charge in [0.15, 0.2) is 11.6 Å². The number of Topliss-reactive ketones (excluding diaryl/α,β-unsaturated/α-hetero) is 4. The molecule has 2 amide bonds. The van der Waals surface area contributed by atoms with Crippen LogP contribution in [0.3, 0.4) is 0 Å². The molecule has 0 bridgehead atoms. The molecule has 0 atom stereocenters. The lowest BCUT2D eigenvalue weighted by molar-refractivity contribution is -0.149. The molecule has 2 aromatic rings. The lowest BCUT2D eigenvalue weighted by atomic mass is 10.0. The van der Waals surface area contributed by atoms with E-state index >= 15 is 0 Å². The van der Waals surface area contributed by atoms with Gasteiger partial charge in [-0.25, -0.2) is 0 Å². The monoisotopic (exact) mass is 570 g/mol. The summed E-state index contributed by atoms with van der Waals surface area (Å²) in [5.74, 6) is -6.02. The molecule has 14 heteroatoms. The molecule has 3 rings (SSSR count). The van der Waals surface area contributed by atoms with E-state index in [0.29, 0.717) is 24.3 Å². The number of carbonyl (C=O) groups excluding carboxylic acids is 6. The third-order valence-corrected chi connectivity index (χ3v) is 6.04.